The molecule has 29 heavy (non-hydrogen) atoms. The molecule has 1 aromatic heterocycles. The highest BCUT2D eigenvalue weighted by atomic mass is 19.1. The lowest BCUT2D eigenvalue weighted by Gasteiger charge is -2.32. The molecule has 1 amide bonds. The van der Waals surface area contributed by atoms with Gasteiger partial charge < -0.3 is 19.4 Å². The minimum Gasteiger partial charge on any atom is -0.444 e. The number of hydrogen-bond donors (Lipinski definition) is 1. The van der Waals surface area contributed by atoms with Crippen LogP contribution < -0.4 is 5.32 Å². The van der Waals surface area contributed by atoms with Gasteiger partial charge in [0.05, 0.1) is 16.8 Å². The van der Waals surface area contributed by atoms with Crippen LogP contribution in [0.4, 0.5) is 9.18 Å². The maximum atomic E-state index is 13.5. The lowest BCUT2D eigenvalue weighted by atomic mass is 9.77. The van der Waals surface area contributed by atoms with E-state index in [4.69, 9.17) is 14.0 Å². The van der Waals surface area contributed by atoms with Crippen molar-refractivity contribution in [2.75, 3.05) is 6.54 Å². The van der Waals surface area contributed by atoms with Crippen molar-refractivity contribution in [1.29, 1.82) is 0 Å². The highest BCUT2D eigenvalue weighted by molar-refractivity contribution is 6.56. The van der Waals surface area contributed by atoms with Crippen LogP contribution in [-0.4, -0.2) is 47.8 Å². The molecule has 1 fully saturated rings. The molecule has 1 aliphatic rings. The van der Waals surface area contributed by atoms with Gasteiger partial charge >= 0.3 is 13.2 Å². The number of hydrogen-bond acceptors (Lipinski definition) is 6. The van der Waals surface area contributed by atoms with E-state index in [1.807, 2.05) is 27.7 Å². The van der Waals surface area contributed by atoms with Crippen molar-refractivity contribution in [2.45, 2.75) is 65.3 Å². The van der Waals surface area contributed by atoms with Crippen molar-refractivity contribution in [3.63, 3.8) is 0 Å². The number of halogens is 1. The molecule has 0 atom stereocenters. The minimum atomic E-state index is -0.846. The molecular formula is C20H28BFN2O5. The Morgan fingerprint density at radius 3 is 2.38 bits per heavy atom. The quantitative estimate of drug-likeness (QED) is 0.457. The molecule has 158 valence electrons. The minimum absolute atomic E-state index is 0.0690. The van der Waals surface area contributed by atoms with Crippen LogP contribution in [0.5, 0.6) is 0 Å². The second-order valence-electron chi connectivity index (χ2n) is 8.93. The number of nitrogens with one attached hydrogen (secondary N) is 1. The van der Waals surface area contributed by atoms with Crippen molar-refractivity contribution in [3.8, 4) is 0 Å². The molecule has 1 aliphatic heterocycles. The average Bonchev–Trinajstić information content (AvgIpc) is 2.79. The smallest absolute Gasteiger partial charge is 0.444 e. The lowest BCUT2D eigenvalue weighted by Crippen LogP contribution is -2.41. The summed E-state index contributed by atoms with van der Waals surface area (Å²) in [5.41, 5.74) is -0.927. The molecule has 1 saturated heterocycles. The van der Waals surface area contributed by atoms with E-state index in [9.17, 15) is 14.0 Å². The molecule has 0 radical (unpaired) electrons. The van der Waals surface area contributed by atoms with Crippen LogP contribution in [0.2, 0.25) is 0 Å². The first-order valence-electron chi connectivity index (χ1n) is 9.38. The molecule has 9 heteroatoms. The van der Waals surface area contributed by atoms with Gasteiger partial charge in [0, 0.05) is 12.7 Å². The number of ether oxygens (including phenoxy) is 1. The van der Waals surface area contributed by atoms with Gasteiger partial charge in [0.2, 0.25) is 5.95 Å². The summed E-state index contributed by atoms with van der Waals surface area (Å²) in [6, 6.07) is 1.37. The van der Waals surface area contributed by atoms with E-state index in [-0.39, 0.29) is 12.1 Å². The second kappa shape index (κ2) is 8.24. The van der Waals surface area contributed by atoms with E-state index < -0.39 is 36.0 Å². The molecule has 7 nitrogen and oxygen atoms in total. The van der Waals surface area contributed by atoms with E-state index in [0.717, 1.165) is 0 Å². The Morgan fingerprint density at radius 2 is 1.86 bits per heavy atom. The van der Waals surface area contributed by atoms with E-state index >= 15 is 0 Å². The lowest BCUT2D eigenvalue weighted by molar-refractivity contribution is 0.00578. The molecule has 0 bridgehead atoms. The van der Waals surface area contributed by atoms with Crippen molar-refractivity contribution in [3.05, 3.63) is 34.8 Å². The predicted octanol–water partition coefficient (Wildman–Crippen LogP) is 3.57. The maximum Gasteiger partial charge on any atom is 0.492 e. The molecule has 2 rings (SSSR count). The molecule has 0 aliphatic carbocycles. The molecule has 1 N–H and O–H groups in total. The third kappa shape index (κ3) is 5.87. The number of aldehydes is 1. The topological polar surface area (TPSA) is 86.8 Å². The average molecular weight is 406 g/mol. The Balaban J connectivity index is 2.31. The fourth-order valence-corrected chi connectivity index (χ4v) is 2.54. The SMILES string of the molecule is CC(C)(C)OC(=O)NCC(=Cc1cnc(F)c(C=O)c1)B1OC(C)(C)C(C)(C)O1. The summed E-state index contributed by atoms with van der Waals surface area (Å²) in [6.45, 7) is 13.0. The van der Waals surface area contributed by atoms with E-state index in [2.05, 4.69) is 10.3 Å². The van der Waals surface area contributed by atoms with Gasteiger partial charge in [-0.05, 0) is 65.6 Å². The molecule has 0 spiro atoms. The van der Waals surface area contributed by atoms with Gasteiger partial charge in [-0.2, -0.15) is 4.39 Å². The fourth-order valence-electron chi connectivity index (χ4n) is 2.54. The highest BCUT2D eigenvalue weighted by Crippen LogP contribution is 2.38. The summed E-state index contributed by atoms with van der Waals surface area (Å²) in [4.78, 5) is 26.7. The summed E-state index contributed by atoms with van der Waals surface area (Å²) in [6.07, 6.45) is 2.75. The first-order chi connectivity index (χ1) is 13.2. The maximum absolute atomic E-state index is 13.5. The Hall–Kier alpha value is -2.26. The van der Waals surface area contributed by atoms with E-state index in [1.54, 1.807) is 26.8 Å². The van der Waals surface area contributed by atoms with Gasteiger partial charge in [-0.3, -0.25) is 4.79 Å². The number of carbonyl (C=O) groups is 2. The summed E-state index contributed by atoms with van der Waals surface area (Å²) >= 11 is 0. The molecule has 1 aromatic rings. The Labute approximate surface area is 171 Å². The van der Waals surface area contributed by atoms with Gasteiger partial charge in [-0.15, -0.1) is 0 Å². The van der Waals surface area contributed by atoms with Gasteiger partial charge in [0.15, 0.2) is 6.29 Å². The third-order valence-corrected chi connectivity index (χ3v) is 4.76. The van der Waals surface area contributed by atoms with Gasteiger partial charge in [0.1, 0.15) is 5.60 Å². The zero-order chi connectivity index (χ0) is 22.0. The zero-order valence-corrected chi connectivity index (χ0v) is 18.0. The van der Waals surface area contributed by atoms with Crippen molar-refractivity contribution < 1.29 is 28.0 Å². The summed E-state index contributed by atoms with van der Waals surface area (Å²) in [5, 5.41) is 2.68. The highest BCUT2D eigenvalue weighted by Gasteiger charge is 2.52. The van der Waals surface area contributed by atoms with Gasteiger partial charge in [0.25, 0.3) is 0 Å². The number of nitrogens with zero attached hydrogens (tertiary/aromatic N) is 1. The number of rotatable bonds is 5. The second-order valence-corrected chi connectivity index (χ2v) is 8.93. The fraction of sp³-hybridized carbons (Fsp3) is 0.550. The number of amides is 1. The first-order valence-corrected chi connectivity index (χ1v) is 9.38. The summed E-state index contributed by atoms with van der Waals surface area (Å²) in [5.74, 6) is -0.846. The monoisotopic (exact) mass is 406 g/mol. The van der Waals surface area contributed by atoms with E-state index in [1.165, 1.54) is 12.3 Å². The van der Waals surface area contributed by atoms with Crippen LogP contribution in [0.1, 0.15) is 64.4 Å². The van der Waals surface area contributed by atoms with E-state index in [0.29, 0.717) is 17.3 Å². The van der Waals surface area contributed by atoms with Crippen LogP contribution in [0, 0.1) is 5.95 Å². The van der Waals surface area contributed by atoms with Crippen LogP contribution >= 0.6 is 0 Å². The third-order valence-electron chi connectivity index (χ3n) is 4.76. The standard InChI is InChI=1S/C20H28BFN2O5/c1-18(2,3)27-17(26)24-11-15(21-28-19(4,5)20(6,7)29-21)9-13-8-14(12-25)16(22)23-10-13/h8-10,12H,11H2,1-7H3,(H,24,26). The van der Waals surface area contributed by atoms with Gasteiger partial charge in [-0.25, -0.2) is 9.78 Å². The molecule has 0 saturated carbocycles. The largest absolute Gasteiger partial charge is 0.492 e. The first kappa shape index (κ1) is 23.0. The number of alkyl carbamates (subject to hydrolysis) is 1. The van der Waals surface area contributed by atoms with Crippen LogP contribution in [-0.2, 0) is 14.0 Å². The number of pyridine rings is 1. The van der Waals surface area contributed by atoms with Crippen LogP contribution in [0.3, 0.4) is 0 Å². The van der Waals surface area contributed by atoms with Crippen molar-refractivity contribution in [1.82, 2.24) is 10.3 Å². The predicted molar refractivity (Wildman–Crippen MR) is 108 cm³/mol. The zero-order valence-electron chi connectivity index (χ0n) is 18.0. The van der Waals surface area contributed by atoms with Gasteiger partial charge in [-0.1, -0.05) is 6.08 Å². The summed E-state index contributed by atoms with van der Waals surface area (Å²) in [7, 11) is -0.750. The van der Waals surface area contributed by atoms with Crippen LogP contribution in [0.15, 0.2) is 17.7 Å². The van der Waals surface area contributed by atoms with Crippen molar-refractivity contribution >= 4 is 25.6 Å². The van der Waals surface area contributed by atoms with Crippen molar-refractivity contribution in [2.24, 2.45) is 0 Å². The number of carbonyl (C=O) groups excluding carboxylic acids is 2. The molecular weight excluding hydrogens is 378 g/mol. The Kier molecular flexibility index (Phi) is 6.54. The Bertz CT molecular complexity index is 802. The molecule has 0 unspecified atom stereocenters. The Morgan fingerprint density at radius 1 is 1.28 bits per heavy atom. The summed E-state index contributed by atoms with van der Waals surface area (Å²) < 4.78 is 30.9. The molecule has 2 heterocycles. The normalized spacial score (nSPS) is 18.5. The number of aromatic nitrogens is 1. The molecule has 0 aromatic carbocycles. The van der Waals surface area contributed by atoms with Crippen LogP contribution in [0.25, 0.3) is 6.08 Å².